The van der Waals surface area contributed by atoms with Gasteiger partial charge in [0.15, 0.2) is 11.5 Å². The van der Waals surface area contributed by atoms with E-state index in [4.69, 9.17) is 9.47 Å². The van der Waals surface area contributed by atoms with Crippen molar-refractivity contribution in [3.8, 4) is 11.5 Å². The molecule has 0 aromatic heterocycles. The highest BCUT2D eigenvalue weighted by Crippen LogP contribution is 2.32. The fourth-order valence-electron chi connectivity index (χ4n) is 3.33. The van der Waals surface area contributed by atoms with E-state index < -0.39 is 6.04 Å². The van der Waals surface area contributed by atoms with Crippen molar-refractivity contribution >= 4 is 23.2 Å². The number of amides is 2. The van der Waals surface area contributed by atoms with Crippen LogP contribution in [0.25, 0.3) is 0 Å². The molecule has 0 aliphatic carbocycles. The van der Waals surface area contributed by atoms with Crippen LogP contribution in [0, 0.1) is 0 Å². The van der Waals surface area contributed by atoms with E-state index in [1.165, 1.54) is 4.90 Å². The molecule has 2 aromatic carbocycles. The Hall–Kier alpha value is -3.06. The standard InChI is InChI=1S/C21H25N3O4/c1-14(23(2)12-15-8-7-11-18(27-3)20(15)28-4)21(26)24-13-19(25)22-16-9-5-6-10-17(16)24/h5-11,14H,12-13H2,1-4H3,(H,22,25)/t14-/m1/s1. The van der Waals surface area contributed by atoms with Crippen LogP contribution < -0.4 is 19.7 Å². The molecule has 2 aromatic rings. The number of hydrogen-bond acceptors (Lipinski definition) is 5. The molecule has 1 N–H and O–H groups in total. The van der Waals surface area contributed by atoms with Crippen molar-refractivity contribution in [2.75, 3.05) is 38.0 Å². The van der Waals surface area contributed by atoms with Crippen LogP contribution in [0.5, 0.6) is 11.5 Å². The van der Waals surface area contributed by atoms with Gasteiger partial charge in [-0.25, -0.2) is 0 Å². The molecule has 28 heavy (non-hydrogen) atoms. The SMILES string of the molecule is COc1cccc(CN(C)[C@H](C)C(=O)N2CC(=O)Nc3ccccc32)c1OC. The zero-order valence-corrected chi connectivity index (χ0v) is 16.6. The second kappa shape index (κ2) is 8.31. The number of fused-ring (bicyclic) bond motifs is 1. The Morgan fingerprint density at radius 2 is 1.93 bits per heavy atom. The van der Waals surface area contributed by atoms with E-state index in [1.54, 1.807) is 20.3 Å². The van der Waals surface area contributed by atoms with E-state index in [2.05, 4.69) is 5.32 Å². The van der Waals surface area contributed by atoms with Crippen molar-refractivity contribution in [3.05, 3.63) is 48.0 Å². The molecule has 0 unspecified atom stereocenters. The number of rotatable bonds is 6. The first-order valence-electron chi connectivity index (χ1n) is 9.06. The molecule has 1 aliphatic heterocycles. The van der Waals surface area contributed by atoms with Gasteiger partial charge in [-0.15, -0.1) is 0 Å². The van der Waals surface area contributed by atoms with Crippen LogP contribution >= 0.6 is 0 Å². The molecule has 0 bridgehead atoms. The minimum absolute atomic E-state index is 0.0104. The number of carbonyl (C=O) groups excluding carboxylic acids is 2. The first-order valence-corrected chi connectivity index (χ1v) is 9.06. The van der Waals surface area contributed by atoms with Crippen molar-refractivity contribution in [2.24, 2.45) is 0 Å². The van der Waals surface area contributed by atoms with Crippen LogP contribution in [-0.4, -0.2) is 50.6 Å². The highest BCUT2D eigenvalue weighted by molar-refractivity contribution is 6.11. The maximum atomic E-state index is 13.2. The van der Waals surface area contributed by atoms with E-state index in [9.17, 15) is 9.59 Å². The van der Waals surface area contributed by atoms with Crippen LogP contribution in [0.15, 0.2) is 42.5 Å². The van der Waals surface area contributed by atoms with Crippen LogP contribution in [-0.2, 0) is 16.1 Å². The molecule has 0 radical (unpaired) electrons. The molecule has 1 heterocycles. The first kappa shape index (κ1) is 19.7. The summed E-state index contributed by atoms with van der Waals surface area (Å²) in [6, 6.07) is 12.5. The molecule has 0 spiro atoms. The normalized spacial score (nSPS) is 14.3. The summed E-state index contributed by atoms with van der Waals surface area (Å²) in [6.45, 7) is 2.34. The highest BCUT2D eigenvalue weighted by Gasteiger charge is 2.31. The van der Waals surface area contributed by atoms with Crippen LogP contribution in [0.4, 0.5) is 11.4 Å². The number of nitrogens with one attached hydrogen (secondary N) is 1. The number of carbonyl (C=O) groups is 2. The van der Waals surface area contributed by atoms with E-state index >= 15 is 0 Å². The van der Waals surface area contributed by atoms with Crippen LogP contribution in [0.3, 0.4) is 0 Å². The third-order valence-corrected chi connectivity index (χ3v) is 4.96. The van der Waals surface area contributed by atoms with E-state index in [1.807, 2.05) is 55.3 Å². The van der Waals surface area contributed by atoms with Gasteiger partial charge in [-0.2, -0.15) is 0 Å². The average Bonchev–Trinajstić information content (AvgIpc) is 2.71. The number of nitrogens with zero attached hydrogens (tertiary/aromatic N) is 2. The topological polar surface area (TPSA) is 71.1 Å². The molecule has 0 saturated carbocycles. The Balaban J connectivity index is 1.80. The Morgan fingerprint density at radius 3 is 2.64 bits per heavy atom. The third-order valence-electron chi connectivity index (χ3n) is 4.96. The molecule has 148 valence electrons. The smallest absolute Gasteiger partial charge is 0.244 e. The molecule has 7 nitrogen and oxygen atoms in total. The molecular formula is C21H25N3O4. The molecule has 0 saturated heterocycles. The minimum atomic E-state index is -0.435. The minimum Gasteiger partial charge on any atom is -0.493 e. The molecule has 0 fully saturated rings. The fourth-order valence-corrected chi connectivity index (χ4v) is 3.33. The third kappa shape index (κ3) is 3.80. The zero-order chi connectivity index (χ0) is 20.3. The van der Waals surface area contributed by atoms with Crippen molar-refractivity contribution in [1.82, 2.24) is 4.90 Å². The number of para-hydroxylation sites is 3. The van der Waals surface area contributed by atoms with Gasteiger partial charge < -0.3 is 14.8 Å². The average molecular weight is 383 g/mol. The van der Waals surface area contributed by atoms with Gasteiger partial charge in [-0.3, -0.25) is 19.4 Å². The van der Waals surface area contributed by atoms with Crippen molar-refractivity contribution < 1.29 is 19.1 Å². The molecule has 2 amide bonds. The van der Waals surface area contributed by atoms with E-state index in [0.29, 0.717) is 29.4 Å². The molecule has 3 rings (SSSR count). The highest BCUT2D eigenvalue weighted by atomic mass is 16.5. The maximum absolute atomic E-state index is 13.2. The van der Waals surface area contributed by atoms with E-state index in [-0.39, 0.29) is 18.4 Å². The summed E-state index contributed by atoms with van der Waals surface area (Å²) < 4.78 is 10.8. The zero-order valence-electron chi connectivity index (χ0n) is 16.6. The lowest BCUT2D eigenvalue weighted by Crippen LogP contribution is -2.50. The van der Waals surface area contributed by atoms with Crippen molar-refractivity contribution in [3.63, 3.8) is 0 Å². The second-order valence-corrected chi connectivity index (χ2v) is 6.73. The number of methoxy groups -OCH3 is 2. The summed E-state index contributed by atoms with van der Waals surface area (Å²) in [6.07, 6.45) is 0. The van der Waals surface area contributed by atoms with Gasteiger partial charge in [0, 0.05) is 12.1 Å². The number of ether oxygens (including phenoxy) is 2. The predicted octanol–water partition coefficient (Wildman–Crippen LogP) is 2.51. The number of benzene rings is 2. The molecule has 1 atom stereocenters. The van der Waals surface area contributed by atoms with Crippen LogP contribution in [0.2, 0.25) is 0 Å². The summed E-state index contributed by atoms with van der Waals surface area (Å²) in [4.78, 5) is 28.7. The monoisotopic (exact) mass is 383 g/mol. The van der Waals surface area contributed by atoms with Gasteiger partial charge in [-0.05, 0) is 32.2 Å². The van der Waals surface area contributed by atoms with Crippen molar-refractivity contribution in [1.29, 1.82) is 0 Å². The number of anilines is 2. The van der Waals surface area contributed by atoms with Gasteiger partial charge in [0.1, 0.15) is 6.54 Å². The van der Waals surface area contributed by atoms with Gasteiger partial charge in [0.2, 0.25) is 11.8 Å². The summed E-state index contributed by atoms with van der Waals surface area (Å²) >= 11 is 0. The lowest BCUT2D eigenvalue weighted by Gasteiger charge is -2.34. The Morgan fingerprint density at radius 1 is 1.18 bits per heavy atom. The fraction of sp³-hybridized carbons (Fsp3) is 0.333. The largest absolute Gasteiger partial charge is 0.493 e. The van der Waals surface area contributed by atoms with Gasteiger partial charge in [-0.1, -0.05) is 24.3 Å². The maximum Gasteiger partial charge on any atom is 0.244 e. The number of hydrogen-bond donors (Lipinski definition) is 1. The van der Waals surface area contributed by atoms with Gasteiger partial charge >= 0.3 is 0 Å². The Labute approximate surface area is 164 Å². The van der Waals surface area contributed by atoms with Crippen LogP contribution in [0.1, 0.15) is 12.5 Å². The van der Waals surface area contributed by atoms with Crippen molar-refractivity contribution in [2.45, 2.75) is 19.5 Å². The Kier molecular flexibility index (Phi) is 5.84. The number of likely N-dealkylation sites (N-methyl/N-ethyl adjacent to an activating group) is 1. The summed E-state index contributed by atoms with van der Waals surface area (Å²) in [5.41, 5.74) is 2.28. The molecule has 1 aliphatic rings. The summed E-state index contributed by atoms with van der Waals surface area (Å²) in [7, 11) is 5.06. The molecule has 7 heteroatoms. The predicted molar refractivity (Wildman–Crippen MR) is 108 cm³/mol. The van der Waals surface area contributed by atoms with E-state index in [0.717, 1.165) is 5.56 Å². The Bertz CT molecular complexity index is 884. The lowest BCUT2D eigenvalue weighted by atomic mass is 10.1. The van der Waals surface area contributed by atoms with Gasteiger partial charge in [0.05, 0.1) is 31.6 Å². The quantitative estimate of drug-likeness (QED) is 0.830. The first-order chi connectivity index (χ1) is 13.5. The molecular weight excluding hydrogens is 358 g/mol. The summed E-state index contributed by atoms with van der Waals surface area (Å²) in [5.74, 6) is 0.969. The summed E-state index contributed by atoms with van der Waals surface area (Å²) in [5, 5.41) is 2.80. The lowest BCUT2D eigenvalue weighted by molar-refractivity contribution is -0.125. The van der Waals surface area contributed by atoms with Gasteiger partial charge in [0.25, 0.3) is 0 Å². The second-order valence-electron chi connectivity index (χ2n) is 6.73.